The molecule has 2 saturated carbocycles. The van der Waals surface area contributed by atoms with Gasteiger partial charge in [-0.1, -0.05) is 18.0 Å². The van der Waals surface area contributed by atoms with Gasteiger partial charge < -0.3 is 15.2 Å². The molecule has 0 aliphatic heterocycles. The minimum Gasteiger partial charge on any atom is -0.507 e. The highest BCUT2D eigenvalue weighted by atomic mass is 35.5. The lowest BCUT2D eigenvalue weighted by Crippen LogP contribution is -2.42. The standard InChI is InChI=1S/C24H27ClN2O6S/c1-14(20-11-15-2-3-16(20)10-15)26-23(29)13-33-24(30)21-12-19(8-9-22(21)28)34(31,32)27-18-6-4-17(25)5-7-18/h4-9,12,14-16,20,27-28H,2-3,10-11,13H2,1H3,(H,26,29)/t14-,15-,16+,20-/m1/s1. The molecule has 4 atom stereocenters. The topological polar surface area (TPSA) is 122 Å². The van der Waals surface area contributed by atoms with Gasteiger partial charge >= 0.3 is 5.97 Å². The summed E-state index contributed by atoms with van der Waals surface area (Å²) in [5, 5.41) is 13.4. The summed E-state index contributed by atoms with van der Waals surface area (Å²) in [4.78, 5) is 24.6. The number of hydrogen-bond donors (Lipinski definition) is 3. The number of aromatic hydroxyl groups is 1. The fourth-order valence-electron chi connectivity index (χ4n) is 5.10. The maximum Gasteiger partial charge on any atom is 0.342 e. The van der Waals surface area contributed by atoms with Gasteiger partial charge in [0.25, 0.3) is 15.9 Å². The zero-order chi connectivity index (χ0) is 24.5. The van der Waals surface area contributed by atoms with Crippen molar-refractivity contribution in [2.45, 2.75) is 43.5 Å². The normalized spacial score (nSPS) is 22.2. The van der Waals surface area contributed by atoms with E-state index in [0.717, 1.165) is 30.5 Å². The number of phenolic OH excluding ortho intramolecular Hbond substituents is 1. The largest absolute Gasteiger partial charge is 0.507 e. The molecule has 2 fully saturated rings. The molecule has 34 heavy (non-hydrogen) atoms. The van der Waals surface area contributed by atoms with Crippen LogP contribution in [0.2, 0.25) is 5.02 Å². The number of carbonyl (C=O) groups excluding carboxylic acids is 2. The molecule has 0 aromatic heterocycles. The van der Waals surface area contributed by atoms with E-state index in [2.05, 4.69) is 10.0 Å². The molecule has 1 amide bonds. The predicted molar refractivity (Wildman–Crippen MR) is 127 cm³/mol. The number of sulfonamides is 1. The van der Waals surface area contributed by atoms with Crippen molar-refractivity contribution in [3.8, 4) is 5.75 Å². The second-order valence-electron chi connectivity index (χ2n) is 9.06. The van der Waals surface area contributed by atoms with Crippen LogP contribution in [0.25, 0.3) is 0 Å². The van der Waals surface area contributed by atoms with E-state index in [9.17, 15) is 23.1 Å². The number of carbonyl (C=O) groups is 2. The van der Waals surface area contributed by atoms with E-state index >= 15 is 0 Å². The van der Waals surface area contributed by atoms with Crippen LogP contribution >= 0.6 is 11.6 Å². The molecule has 10 heteroatoms. The number of amides is 1. The van der Waals surface area contributed by atoms with Gasteiger partial charge in [0.15, 0.2) is 6.61 Å². The van der Waals surface area contributed by atoms with Crippen molar-refractivity contribution >= 4 is 39.2 Å². The van der Waals surface area contributed by atoms with Crippen LogP contribution in [0.15, 0.2) is 47.4 Å². The maximum atomic E-state index is 12.7. The summed E-state index contributed by atoms with van der Waals surface area (Å²) in [7, 11) is -4.05. The Morgan fingerprint density at radius 3 is 2.53 bits per heavy atom. The first kappa shape index (κ1) is 24.3. The zero-order valence-corrected chi connectivity index (χ0v) is 20.2. The minimum atomic E-state index is -4.05. The Balaban J connectivity index is 1.36. The van der Waals surface area contributed by atoms with E-state index in [0.29, 0.717) is 16.9 Å². The van der Waals surface area contributed by atoms with Gasteiger partial charge in [-0.2, -0.15) is 0 Å². The van der Waals surface area contributed by atoms with Gasteiger partial charge in [0.2, 0.25) is 0 Å². The summed E-state index contributed by atoms with van der Waals surface area (Å²) in [5.74, 6) is -0.0393. The van der Waals surface area contributed by atoms with Crippen LogP contribution in [0.5, 0.6) is 5.75 Å². The molecule has 0 heterocycles. The summed E-state index contributed by atoms with van der Waals surface area (Å²) in [6.45, 7) is 1.45. The first-order valence-corrected chi connectivity index (χ1v) is 13.1. The first-order valence-electron chi connectivity index (χ1n) is 11.2. The number of rotatable bonds is 8. The van der Waals surface area contributed by atoms with Gasteiger partial charge in [0.05, 0.1) is 4.90 Å². The highest BCUT2D eigenvalue weighted by Crippen LogP contribution is 2.49. The zero-order valence-electron chi connectivity index (χ0n) is 18.7. The number of nitrogens with one attached hydrogen (secondary N) is 2. The van der Waals surface area contributed by atoms with Crippen LogP contribution in [0.3, 0.4) is 0 Å². The Morgan fingerprint density at radius 2 is 1.88 bits per heavy atom. The number of ether oxygens (including phenoxy) is 1. The molecular formula is C24H27ClN2O6S. The van der Waals surface area contributed by atoms with Crippen LogP contribution < -0.4 is 10.0 Å². The van der Waals surface area contributed by atoms with Crippen molar-refractivity contribution < 1.29 is 27.9 Å². The molecule has 2 aromatic rings. The van der Waals surface area contributed by atoms with Gasteiger partial charge in [-0.25, -0.2) is 13.2 Å². The summed E-state index contributed by atoms with van der Waals surface area (Å²) in [5.41, 5.74) is -0.0733. The van der Waals surface area contributed by atoms with E-state index in [1.54, 1.807) is 0 Å². The summed E-state index contributed by atoms with van der Waals surface area (Å²) in [6, 6.07) is 9.29. The molecule has 2 bridgehead atoms. The first-order chi connectivity index (χ1) is 16.1. The van der Waals surface area contributed by atoms with E-state index < -0.39 is 34.3 Å². The highest BCUT2D eigenvalue weighted by molar-refractivity contribution is 7.92. The van der Waals surface area contributed by atoms with E-state index in [1.807, 2.05) is 6.92 Å². The second kappa shape index (κ2) is 9.84. The molecule has 0 unspecified atom stereocenters. The number of fused-ring (bicyclic) bond motifs is 2. The molecule has 0 radical (unpaired) electrons. The Hall–Kier alpha value is -2.78. The lowest BCUT2D eigenvalue weighted by molar-refractivity contribution is -0.125. The minimum absolute atomic E-state index is 0.0117. The summed E-state index contributed by atoms with van der Waals surface area (Å²) < 4.78 is 32.8. The quantitative estimate of drug-likeness (QED) is 0.466. The molecule has 0 spiro atoms. The number of benzene rings is 2. The lowest BCUT2D eigenvalue weighted by atomic mass is 9.84. The fraction of sp³-hybridized carbons (Fsp3) is 0.417. The molecular weight excluding hydrogens is 480 g/mol. The van der Waals surface area contributed by atoms with E-state index in [4.69, 9.17) is 16.3 Å². The third kappa shape index (κ3) is 5.47. The molecule has 3 N–H and O–H groups in total. The molecule has 182 valence electrons. The third-order valence-electron chi connectivity index (χ3n) is 6.75. The molecule has 2 aliphatic rings. The van der Waals surface area contributed by atoms with Crippen molar-refractivity contribution in [2.24, 2.45) is 17.8 Å². The van der Waals surface area contributed by atoms with Crippen LogP contribution in [0.1, 0.15) is 43.0 Å². The van der Waals surface area contributed by atoms with Crippen LogP contribution in [-0.4, -0.2) is 38.0 Å². The molecule has 0 saturated heterocycles. The lowest BCUT2D eigenvalue weighted by Gasteiger charge is -2.28. The van der Waals surface area contributed by atoms with Gasteiger partial charge in [0.1, 0.15) is 11.3 Å². The van der Waals surface area contributed by atoms with Gasteiger partial charge in [0, 0.05) is 16.8 Å². The Bertz CT molecular complexity index is 1180. The molecule has 4 rings (SSSR count). The monoisotopic (exact) mass is 506 g/mol. The number of esters is 1. The van der Waals surface area contributed by atoms with Crippen molar-refractivity contribution in [3.05, 3.63) is 53.1 Å². The van der Waals surface area contributed by atoms with Crippen LogP contribution in [-0.2, 0) is 19.6 Å². The van der Waals surface area contributed by atoms with Gasteiger partial charge in [-0.3, -0.25) is 9.52 Å². The van der Waals surface area contributed by atoms with E-state index in [1.165, 1.54) is 43.5 Å². The predicted octanol–water partition coefficient (Wildman–Crippen LogP) is 3.94. The fourth-order valence-corrected chi connectivity index (χ4v) is 6.31. The van der Waals surface area contributed by atoms with E-state index in [-0.39, 0.29) is 22.2 Å². The average Bonchev–Trinajstić information content (AvgIpc) is 3.43. The smallest absolute Gasteiger partial charge is 0.342 e. The van der Waals surface area contributed by atoms with Crippen molar-refractivity contribution in [2.75, 3.05) is 11.3 Å². The van der Waals surface area contributed by atoms with Gasteiger partial charge in [-0.15, -0.1) is 0 Å². The van der Waals surface area contributed by atoms with Crippen molar-refractivity contribution in [1.29, 1.82) is 0 Å². The third-order valence-corrected chi connectivity index (χ3v) is 8.38. The summed E-state index contributed by atoms with van der Waals surface area (Å²) >= 11 is 5.82. The second-order valence-corrected chi connectivity index (χ2v) is 11.2. The van der Waals surface area contributed by atoms with Gasteiger partial charge in [-0.05, 0) is 86.4 Å². The Kier molecular flexibility index (Phi) is 7.04. The van der Waals surface area contributed by atoms with Crippen LogP contribution in [0.4, 0.5) is 5.69 Å². The Labute approximate surface area is 203 Å². The molecule has 2 aliphatic carbocycles. The highest BCUT2D eigenvalue weighted by Gasteiger charge is 2.42. The van der Waals surface area contributed by atoms with Crippen molar-refractivity contribution in [3.63, 3.8) is 0 Å². The Morgan fingerprint density at radius 1 is 1.15 bits per heavy atom. The molecule has 8 nitrogen and oxygen atoms in total. The molecule has 2 aromatic carbocycles. The number of phenols is 1. The van der Waals surface area contributed by atoms with Crippen molar-refractivity contribution in [1.82, 2.24) is 5.32 Å². The van der Waals surface area contributed by atoms with Crippen LogP contribution in [0, 0.1) is 17.8 Å². The number of hydrogen-bond acceptors (Lipinski definition) is 6. The number of halogens is 1. The number of anilines is 1. The maximum absolute atomic E-state index is 12.7. The SMILES string of the molecule is C[C@@H](NC(=O)COC(=O)c1cc(S(=O)(=O)Nc2ccc(Cl)cc2)ccc1O)[C@H]1C[C@@H]2CC[C@H]1C2. The average molecular weight is 507 g/mol. The summed E-state index contributed by atoms with van der Waals surface area (Å²) in [6.07, 6.45) is 4.82.